The number of fused-ring (bicyclic) bond motifs is 1. The molecular formula is C17H14N2O3S2. The number of rotatable bonds is 5. The van der Waals surface area contributed by atoms with E-state index < -0.39 is 5.25 Å². The van der Waals surface area contributed by atoms with Gasteiger partial charge in [-0.25, -0.2) is 4.98 Å². The molecule has 0 spiro atoms. The number of hydrogen-bond acceptors (Lipinski definition) is 6. The van der Waals surface area contributed by atoms with E-state index in [0.29, 0.717) is 10.2 Å². The van der Waals surface area contributed by atoms with Crippen LogP contribution < -0.4 is 5.56 Å². The zero-order chi connectivity index (χ0) is 17.3. The van der Waals surface area contributed by atoms with E-state index in [9.17, 15) is 14.4 Å². The molecule has 0 aliphatic rings. The Kier molecular flexibility index (Phi) is 4.64. The zero-order valence-corrected chi connectivity index (χ0v) is 14.7. The van der Waals surface area contributed by atoms with Crippen LogP contribution in [0.5, 0.6) is 0 Å². The number of carbonyl (C=O) groups excluding carboxylic acids is 2. The number of thioether (sulfide) groups is 1. The summed E-state index contributed by atoms with van der Waals surface area (Å²) >= 11 is 2.35. The molecule has 5 nitrogen and oxygen atoms in total. The van der Waals surface area contributed by atoms with Gasteiger partial charge in [-0.1, -0.05) is 42.1 Å². The second-order valence-electron chi connectivity index (χ2n) is 5.29. The van der Waals surface area contributed by atoms with Crippen molar-refractivity contribution in [2.24, 2.45) is 0 Å². The third-order valence-corrected chi connectivity index (χ3v) is 5.66. The number of hydrogen-bond donors (Lipinski definition) is 1. The molecule has 7 heteroatoms. The molecule has 2 aromatic heterocycles. The molecule has 3 aromatic rings. The van der Waals surface area contributed by atoms with Gasteiger partial charge in [-0.15, -0.1) is 11.3 Å². The number of thiophene rings is 1. The molecule has 0 bridgehead atoms. The van der Waals surface area contributed by atoms with Crippen LogP contribution in [0, 0.1) is 0 Å². The van der Waals surface area contributed by atoms with Crippen LogP contribution >= 0.6 is 23.1 Å². The highest BCUT2D eigenvalue weighted by Gasteiger charge is 2.23. The van der Waals surface area contributed by atoms with Crippen molar-refractivity contribution < 1.29 is 9.59 Å². The number of ketones is 2. The molecule has 2 heterocycles. The van der Waals surface area contributed by atoms with Crippen LogP contribution in [0.25, 0.3) is 21.3 Å². The summed E-state index contributed by atoms with van der Waals surface area (Å²) in [6, 6.07) is 9.61. The Bertz CT molecular complexity index is 962. The molecule has 3 rings (SSSR count). The highest BCUT2D eigenvalue weighted by molar-refractivity contribution is 8.01. The minimum absolute atomic E-state index is 0.258. The van der Waals surface area contributed by atoms with Crippen molar-refractivity contribution in [2.75, 3.05) is 0 Å². The van der Waals surface area contributed by atoms with Crippen LogP contribution in [0.3, 0.4) is 0 Å². The van der Waals surface area contributed by atoms with Crippen LogP contribution in [0.2, 0.25) is 0 Å². The predicted molar refractivity (Wildman–Crippen MR) is 96.7 cm³/mol. The maximum absolute atomic E-state index is 12.5. The predicted octanol–water partition coefficient (Wildman–Crippen LogP) is 3.29. The summed E-state index contributed by atoms with van der Waals surface area (Å²) in [5.41, 5.74) is 1.51. The van der Waals surface area contributed by atoms with E-state index in [0.717, 1.165) is 22.9 Å². The van der Waals surface area contributed by atoms with E-state index in [-0.39, 0.29) is 22.3 Å². The number of H-pyrrole nitrogens is 1. The Morgan fingerprint density at radius 3 is 2.46 bits per heavy atom. The number of aromatic nitrogens is 2. The van der Waals surface area contributed by atoms with Gasteiger partial charge in [-0.2, -0.15) is 0 Å². The molecule has 0 amide bonds. The quantitative estimate of drug-likeness (QED) is 0.430. The van der Waals surface area contributed by atoms with Gasteiger partial charge in [-0.3, -0.25) is 14.4 Å². The first-order valence-electron chi connectivity index (χ1n) is 7.22. The standard InChI is InChI=1S/C17H14N2O3S2/c1-9(20)14(10(2)21)24-17-18-15(22)13-12(8-23-16(13)19-17)11-6-4-3-5-7-11/h3-8,14H,1-2H3,(H,18,19,22). The normalized spacial score (nSPS) is 11.1. The van der Waals surface area contributed by atoms with Gasteiger partial charge in [0, 0.05) is 10.9 Å². The molecule has 1 N–H and O–H groups in total. The number of carbonyl (C=O) groups is 2. The lowest BCUT2D eigenvalue weighted by molar-refractivity contribution is -0.123. The number of nitrogens with zero attached hydrogens (tertiary/aromatic N) is 1. The second-order valence-corrected chi connectivity index (χ2v) is 7.24. The van der Waals surface area contributed by atoms with Gasteiger partial charge < -0.3 is 4.98 Å². The van der Waals surface area contributed by atoms with Crippen molar-refractivity contribution in [1.82, 2.24) is 9.97 Å². The molecule has 0 atom stereocenters. The fraction of sp³-hybridized carbons (Fsp3) is 0.176. The van der Waals surface area contributed by atoms with Crippen molar-refractivity contribution in [3.63, 3.8) is 0 Å². The van der Waals surface area contributed by atoms with E-state index in [1.54, 1.807) is 0 Å². The van der Waals surface area contributed by atoms with Crippen LogP contribution in [-0.4, -0.2) is 26.8 Å². The average Bonchev–Trinajstić information content (AvgIpc) is 2.97. The Morgan fingerprint density at radius 2 is 1.83 bits per heavy atom. The third-order valence-electron chi connectivity index (χ3n) is 3.47. The fourth-order valence-corrected chi connectivity index (χ4v) is 4.24. The lowest BCUT2D eigenvalue weighted by atomic mass is 10.1. The van der Waals surface area contributed by atoms with E-state index in [1.807, 2.05) is 35.7 Å². The summed E-state index contributed by atoms with van der Waals surface area (Å²) in [6.07, 6.45) is 0. The number of Topliss-reactive ketones (excluding diaryl/α,β-unsaturated/α-hetero) is 2. The summed E-state index contributed by atoms with van der Waals surface area (Å²) in [6.45, 7) is 2.71. The molecule has 0 saturated carbocycles. The maximum atomic E-state index is 12.5. The largest absolute Gasteiger partial charge is 0.301 e. The minimum atomic E-state index is -0.848. The van der Waals surface area contributed by atoms with Crippen LogP contribution in [0.4, 0.5) is 0 Å². The molecule has 0 saturated heterocycles. The van der Waals surface area contributed by atoms with Gasteiger partial charge in [0.1, 0.15) is 10.1 Å². The first-order chi connectivity index (χ1) is 11.5. The van der Waals surface area contributed by atoms with E-state index in [1.165, 1.54) is 25.2 Å². The highest BCUT2D eigenvalue weighted by Crippen LogP contribution is 2.32. The van der Waals surface area contributed by atoms with Crippen LogP contribution in [0.15, 0.2) is 45.7 Å². The third kappa shape index (κ3) is 3.18. The first-order valence-corrected chi connectivity index (χ1v) is 8.98. The van der Waals surface area contributed by atoms with Gasteiger partial charge in [0.15, 0.2) is 16.7 Å². The van der Waals surface area contributed by atoms with Gasteiger partial charge >= 0.3 is 0 Å². The van der Waals surface area contributed by atoms with Gasteiger partial charge in [0.2, 0.25) is 0 Å². The summed E-state index contributed by atoms with van der Waals surface area (Å²) in [5, 5.41) is 1.85. The maximum Gasteiger partial charge on any atom is 0.260 e. The molecule has 1 aromatic carbocycles. The number of benzene rings is 1. The van der Waals surface area contributed by atoms with Crippen molar-refractivity contribution >= 4 is 44.9 Å². The number of aromatic amines is 1. The monoisotopic (exact) mass is 358 g/mol. The summed E-state index contributed by atoms with van der Waals surface area (Å²) in [5.74, 6) is -0.516. The Balaban J connectivity index is 2.05. The second kappa shape index (κ2) is 6.70. The Morgan fingerprint density at radius 1 is 1.17 bits per heavy atom. The SMILES string of the molecule is CC(=O)C(Sc1nc2scc(-c3ccccc3)c2c(=O)[nH]1)C(C)=O. The topological polar surface area (TPSA) is 79.9 Å². The minimum Gasteiger partial charge on any atom is -0.301 e. The van der Waals surface area contributed by atoms with Crippen LogP contribution in [0.1, 0.15) is 13.8 Å². The van der Waals surface area contributed by atoms with Gasteiger partial charge in [0.25, 0.3) is 5.56 Å². The smallest absolute Gasteiger partial charge is 0.260 e. The lowest BCUT2D eigenvalue weighted by Crippen LogP contribution is -2.23. The van der Waals surface area contributed by atoms with Crippen molar-refractivity contribution in [1.29, 1.82) is 0 Å². The molecule has 24 heavy (non-hydrogen) atoms. The first kappa shape index (κ1) is 16.6. The van der Waals surface area contributed by atoms with Crippen molar-refractivity contribution in [2.45, 2.75) is 24.3 Å². The zero-order valence-electron chi connectivity index (χ0n) is 13.0. The molecule has 0 radical (unpaired) electrons. The number of nitrogens with one attached hydrogen (secondary N) is 1. The van der Waals surface area contributed by atoms with Gasteiger partial charge in [-0.05, 0) is 19.4 Å². The molecule has 122 valence electrons. The molecule has 0 aliphatic carbocycles. The average molecular weight is 358 g/mol. The lowest BCUT2D eigenvalue weighted by Gasteiger charge is -2.08. The summed E-state index contributed by atoms with van der Waals surface area (Å²) in [7, 11) is 0. The van der Waals surface area contributed by atoms with Crippen molar-refractivity contribution in [3.8, 4) is 11.1 Å². The fourth-order valence-electron chi connectivity index (χ4n) is 2.38. The van der Waals surface area contributed by atoms with Crippen molar-refractivity contribution in [3.05, 3.63) is 46.1 Å². The van der Waals surface area contributed by atoms with E-state index in [4.69, 9.17) is 0 Å². The highest BCUT2D eigenvalue weighted by atomic mass is 32.2. The van der Waals surface area contributed by atoms with E-state index in [2.05, 4.69) is 9.97 Å². The van der Waals surface area contributed by atoms with E-state index >= 15 is 0 Å². The molecular weight excluding hydrogens is 344 g/mol. The Labute approximate surface area is 146 Å². The molecule has 0 aliphatic heterocycles. The molecule has 0 unspecified atom stereocenters. The van der Waals surface area contributed by atoms with Crippen LogP contribution in [-0.2, 0) is 9.59 Å². The summed E-state index contributed by atoms with van der Waals surface area (Å²) in [4.78, 5) is 43.3. The Hall–Kier alpha value is -2.25. The molecule has 0 fully saturated rings. The summed E-state index contributed by atoms with van der Waals surface area (Å²) < 4.78 is 0. The van der Waals surface area contributed by atoms with Gasteiger partial charge in [0.05, 0.1) is 5.39 Å².